The minimum atomic E-state index is -0.445. The van der Waals surface area contributed by atoms with Crippen molar-refractivity contribution in [3.8, 4) is 0 Å². The molecule has 0 fully saturated rings. The Bertz CT molecular complexity index is 999. The fourth-order valence-corrected chi connectivity index (χ4v) is 2.61. The van der Waals surface area contributed by atoms with Crippen LogP contribution in [0, 0.1) is 0 Å². The molecule has 9 heteroatoms. The fraction of sp³-hybridized carbons (Fsp3) is 0.214. The van der Waals surface area contributed by atoms with E-state index >= 15 is 0 Å². The lowest BCUT2D eigenvalue weighted by Gasteiger charge is -2.08. The predicted octanol–water partition coefficient (Wildman–Crippen LogP) is 0.421. The van der Waals surface area contributed by atoms with Gasteiger partial charge in [-0.15, -0.1) is 0 Å². The number of rotatable bonds is 3. The van der Waals surface area contributed by atoms with E-state index in [4.69, 9.17) is 17.4 Å². The van der Waals surface area contributed by atoms with Crippen molar-refractivity contribution in [2.75, 3.05) is 5.43 Å². The largest absolute Gasteiger partial charge is 0.332 e. The first-order valence-corrected chi connectivity index (χ1v) is 7.19. The van der Waals surface area contributed by atoms with Crippen molar-refractivity contribution in [1.29, 1.82) is 0 Å². The van der Waals surface area contributed by atoms with Gasteiger partial charge in [-0.05, 0) is 17.7 Å². The minimum absolute atomic E-state index is 0.148. The van der Waals surface area contributed by atoms with Gasteiger partial charge in [0.15, 0.2) is 11.2 Å². The van der Waals surface area contributed by atoms with E-state index in [0.29, 0.717) is 16.5 Å². The maximum atomic E-state index is 12.7. The molecule has 120 valence electrons. The third kappa shape index (κ3) is 2.41. The number of halogens is 1. The molecule has 0 aliphatic heterocycles. The molecule has 0 saturated carbocycles. The highest BCUT2D eigenvalue weighted by atomic mass is 35.5. The van der Waals surface area contributed by atoms with Gasteiger partial charge >= 0.3 is 5.69 Å². The maximum absolute atomic E-state index is 12.7. The van der Waals surface area contributed by atoms with Gasteiger partial charge in [0.2, 0.25) is 5.95 Å². The molecule has 0 saturated heterocycles. The van der Waals surface area contributed by atoms with Crippen LogP contribution < -0.4 is 22.5 Å². The average molecular weight is 335 g/mol. The van der Waals surface area contributed by atoms with Crippen LogP contribution in [0.5, 0.6) is 0 Å². The summed E-state index contributed by atoms with van der Waals surface area (Å²) in [6.45, 7) is 0.148. The van der Waals surface area contributed by atoms with Crippen molar-refractivity contribution in [3.63, 3.8) is 0 Å². The smallest absolute Gasteiger partial charge is 0.306 e. The highest BCUT2D eigenvalue weighted by molar-refractivity contribution is 6.30. The number of nitrogens with one attached hydrogen (secondary N) is 1. The molecule has 0 unspecified atom stereocenters. The molecule has 0 aliphatic carbocycles. The summed E-state index contributed by atoms with van der Waals surface area (Å²) in [6, 6.07) is 6.97. The zero-order chi connectivity index (χ0) is 16.7. The minimum Gasteiger partial charge on any atom is -0.306 e. The molecule has 0 spiro atoms. The first-order chi connectivity index (χ1) is 10.9. The lowest BCUT2D eigenvalue weighted by molar-refractivity contribution is 0.655. The summed E-state index contributed by atoms with van der Waals surface area (Å²) in [5, 5.41) is 0.592. The molecule has 2 aromatic heterocycles. The molecule has 3 rings (SSSR count). The molecule has 8 nitrogen and oxygen atoms in total. The molecule has 0 atom stereocenters. The zero-order valence-electron chi connectivity index (χ0n) is 12.6. The number of imidazole rings is 1. The summed E-state index contributed by atoms with van der Waals surface area (Å²) in [5.74, 6) is 5.69. The SMILES string of the molecule is Cn1c(NN)nc2c1c(=O)n(Cc1ccc(Cl)cc1)c(=O)n2C. The quantitative estimate of drug-likeness (QED) is 0.534. The van der Waals surface area contributed by atoms with Gasteiger partial charge in [0, 0.05) is 19.1 Å². The van der Waals surface area contributed by atoms with E-state index in [1.54, 1.807) is 38.4 Å². The van der Waals surface area contributed by atoms with Crippen molar-refractivity contribution < 1.29 is 0 Å². The van der Waals surface area contributed by atoms with E-state index in [2.05, 4.69) is 10.4 Å². The standard InChI is InChI=1S/C14H15ClN6O2/c1-19-10-11(17-13(19)18-16)20(2)14(23)21(12(10)22)7-8-3-5-9(15)6-4-8/h3-6H,7,16H2,1-2H3,(H,17,18). The van der Waals surface area contributed by atoms with E-state index in [-0.39, 0.29) is 12.2 Å². The Morgan fingerprint density at radius 2 is 1.83 bits per heavy atom. The lowest BCUT2D eigenvalue weighted by atomic mass is 10.2. The maximum Gasteiger partial charge on any atom is 0.332 e. The average Bonchev–Trinajstić information content (AvgIpc) is 2.88. The van der Waals surface area contributed by atoms with Crippen LogP contribution >= 0.6 is 11.6 Å². The van der Waals surface area contributed by atoms with Crippen molar-refractivity contribution >= 4 is 28.7 Å². The van der Waals surface area contributed by atoms with Crippen LogP contribution in [0.25, 0.3) is 11.2 Å². The van der Waals surface area contributed by atoms with Crippen LogP contribution in [-0.4, -0.2) is 18.7 Å². The first-order valence-electron chi connectivity index (χ1n) is 6.81. The highest BCUT2D eigenvalue weighted by Crippen LogP contribution is 2.13. The normalized spacial score (nSPS) is 11.1. The Morgan fingerprint density at radius 3 is 2.43 bits per heavy atom. The van der Waals surface area contributed by atoms with E-state index < -0.39 is 11.2 Å². The predicted molar refractivity (Wildman–Crippen MR) is 88.6 cm³/mol. The number of aryl methyl sites for hydroxylation is 2. The van der Waals surface area contributed by atoms with E-state index in [1.165, 1.54) is 9.13 Å². The Hall–Kier alpha value is -2.58. The number of fused-ring (bicyclic) bond motifs is 1. The zero-order valence-corrected chi connectivity index (χ0v) is 13.3. The molecule has 0 radical (unpaired) electrons. The molecular formula is C14H15ClN6O2. The third-order valence-corrected chi connectivity index (χ3v) is 4.00. The van der Waals surface area contributed by atoms with Gasteiger partial charge in [0.05, 0.1) is 6.54 Å². The number of hydrogen-bond donors (Lipinski definition) is 2. The van der Waals surface area contributed by atoms with Gasteiger partial charge in [-0.3, -0.25) is 19.4 Å². The molecule has 2 heterocycles. The Morgan fingerprint density at radius 1 is 1.17 bits per heavy atom. The topological polar surface area (TPSA) is 99.9 Å². The summed E-state index contributed by atoms with van der Waals surface area (Å²) in [6.07, 6.45) is 0. The number of benzene rings is 1. The number of nitrogens with two attached hydrogens (primary N) is 1. The summed E-state index contributed by atoms with van der Waals surface area (Å²) in [4.78, 5) is 29.4. The summed E-state index contributed by atoms with van der Waals surface area (Å²) < 4.78 is 4.01. The first kappa shape index (κ1) is 15.3. The van der Waals surface area contributed by atoms with E-state index in [1.807, 2.05) is 0 Å². The number of anilines is 1. The highest BCUT2D eigenvalue weighted by Gasteiger charge is 2.18. The molecule has 3 aromatic rings. The van der Waals surface area contributed by atoms with Gasteiger partial charge in [0.1, 0.15) is 0 Å². The summed E-state index contributed by atoms with van der Waals surface area (Å²) in [5.41, 5.74) is 2.92. The van der Waals surface area contributed by atoms with Crippen molar-refractivity contribution in [2.24, 2.45) is 19.9 Å². The lowest BCUT2D eigenvalue weighted by Crippen LogP contribution is -2.39. The van der Waals surface area contributed by atoms with Gasteiger partial charge in [-0.25, -0.2) is 10.6 Å². The summed E-state index contributed by atoms with van der Waals surface area (Å²) in [7, 11) is 3.22. The Labute approximate surface area is 135 Å². The van der Waals surface area contributed by atoms with Gasteiger partial charge in [0.25, 0.3) is 5.56 Å². The molecule has 23 heavy (non-hydrogen) atoms. The summed E-state index contributed by atoms with van der Waals surface area (Å²) >= 11 is 5.86. The second-order valence-corrected chi connectivity index (χ2v) is 5.61. The van der Waals surface area contributed by atoms with Crippen LogP contribution in [-0.2, 0) is 20.6 Å². The molecule has 0 amide bonds. The number of hydrazine groups is 1. The van der Waals surface area contributed by atoms with Gasteiger partial charge < -0.3 is 4.57 Å². The second kappa shape index (κ2) is 5.56. The van der Waals surface area contributed by atoms with E-state index in [9.17, 15) is 9.59 Å². The molecule has 0 bridgehead atoms. The second-order valence-electron chi connectivity index (χ2n) is 5.17. The van der Waals surface area contributed by atoms with Crippen molar-refractivity contribution in [2.45, 2.75) is 6.54 Å². The Kier molecular flexibility index (Phi) is 3.70. The number of aromatic nitrogens is 4. The number of nitrogens with zero attached hydrogens (tertiary/aromatic N) is 4. The van der Waals surface area contributed by atoms with Crippen molar-refractivity contribution in [1.82, 2.24) is 18.7 Å². The van der Waals surface area contributed by atoms with Crippen LogP contribution in [0.3, 0.4) is 0 Å². The van der Waals surface area contributed by atoms with Crippen LogP contribution in [0.15, 0.2) is 33.9 Å². The molecule has 0 aliphatic rings. The monoisotopic (exact) mass is 334 g/mol. The van der Waals surface area contributed by atoms with Crippen LogP contribution in [0.1, 0.15) is 5.56 Å². The fourth-order valence-electron chi connectivity index (χ4n) is 2.48. The number of hydrogen-bond acceptors (Lipinski definition) is 5. The molecule has 3 N–H and O–H groups in total. The van der Waals surface area contributed by atoms with E-state index in [0.717, 1.165) is 10.1 Å². The van der Waals surface area contributed by atoms with Crippen LogP contribution in [0.4, 0.5) is 5.95 Å². The molecular weight excluding hydrogens is 320 g/mol. The van der Waals surface area contributed by atoms with Crippen molar-refractivity contribution in [3.05, 3.63) is 55.7 Å². The Balaban J connectivity index is 2.25. The third-order valence-electron chi connectivity index (χ3n) is 3.74. The van der Waals surface area contributed by atoms with Crippen LogP contribution in [0.2, 0.25) is 5.02 Å². The molecule has 1 aromatic carbocycles. The van der Waals surface area contributed by atoms with Gasteiger partial charge in [-0.1, -0.05) is 23.7 Å². The van der Waals surface area contributed by atoms with Gasteiger partial charge in [-0.2, -0.15) is 4.98 Å². The number of nitrogen functional groups attached to an aromatic ring is 1.